The van der Waals surface area contributed by atoms with Gasteiger partial charge in [-0.3, -0.25) is 9.59 Å². The molecule has 0 atom stereocenters. The number of nitrogens with zero attached hydrogens (tertiary/aromatic N) is 2. The van der Waals surface area contributed by atoms with Crippen LogP contribution in [0, 0.1) is 5.92 Å². The van der Waals surface area contributed by atoms with E-state index in [9.17, 15) is 22.8 Å². The summed E-state index contributed by atoms with van der Waals surface area (Å²) in [6.45, 7) is 4.72. The average molecular weight is 449 g/mol. The maximum Gasteiger partial charge on any atom is 0.417 e. The van der Waals surface area contributed by atoms with E-state index in [0.29, 0.717) is 43.4 Å². The van der Waals surface area contributed by atoms with Gasteiger partial charge in [0.15, 0.2) is 6.61 Å². The van der Waals surface area contributed by atoms with Crippen LogP contribution in [0.15, 0.2) is 42.6 Å². The molecule has 0 saturated carbocycles. The monoisotopic (exact) mass is 449 g/mol. The van der Waals surface area contributed by atoms with Gasteiger partial charge >= 0.3 is 12.1 Å². The van der Waals surface area contributed by atoms with E-state index in [4.69, 9.17) is 4.74 Å². The largest absolute Gasteiger partial charge is 0.455 e. The van der Waals surface area contributed by atoms with E-state index in [-0.39, 0.29) is 12.5 Å². The van der Waals surface area contributed by atoms with Gasteiger partial charge in [0.25, 0.3) is 5.91 Å². The van der Waals surface area contributed by atoms with Crippen molar-refractivity contribution in [3.63, 3.8) is 0 Å². The quantitative estimate of drug-likeness (QED) is 0.652. The molecule has 0 unspecified atom stereocenters. The number of aromatic nitrogens is 1. The second-order valence-corrected chi connectivity index (χ2v) is 8.10. The molecule has 3 rings (SSSR count). The number of hydrogen-bond acceptors (Lipinski definition) is 5. The Morgan fingerprint density at radius 1 is 1.12 bits per heavy atom. The zero-order valence-corrected chi connectivity index (χ0v) is 18.0. The van der Waals surface area contributed by atoms with Crippen molar-refractivity contribution < 1.29 is 27.5 Å². The summed E-state index contributed by atoms with van der Waals surface area (Å²) in [7, 11) is 0. The van der Waals surface area contributed by atoms with Crippen LogP contribution in [0.3, 0.4) is 0 Å². The Morgan fingerprint density at radius 3 is 2.31 bits per heavy atom. The molecule has 2 heterocycles. The summed E-state index contributed by atoms with van der Waals surface area (Å²) in [5.41, 5.74) is 0.994. The number of hydrogen-bond donors (Lipinski definition) is 1. The van der Waals surface area contributed by atoms with E-state index < -0.39 is 23.6 Å². The average Bonchev–Trinajstić information content (AvgIpc) is 2.77. The number of amides is 1. The number of ether oxygens (including phenoxy) is 1. The van der Waals surface area contributed by atoms with E-state index in [1.807, 2.05) is 17.0 Å². The molecular weight excluding hydrogens is 423 g/mol. The normalized spacial score (nSPS) is 15.0. The molecule has 2 aromatic rings. The number of halogens is 3. The van der Waals surface area contributed by atoms with Crippen LogP contribution in [-0.2, 0) is 20.5 Å². The molecule has 1 aliphatic heterocycles. The van der Waals surface area contributed by atoms with Crippen LogP contribution in [0.25, 0.3) is 0 Å². The molecule has 1 aromatic carbocycles. The third-order valence-corrected chi connectivity index (χ3v) is 5.43. The van der Waals surface area contributed by atoms with Crippen LogP contribution in [0.4, 0.5) is 24.7 Å². The third-order valence-electron chi connectivity index (χ3n) is 5.43. The molecule has 1 saturated heterocycles. The van der Waals surface area contributed by atoms with Crippen molar-refractivity contribution in [3.8, 4) is 0 Å². The van der Waals surface area contributed by atoms with Gasteiger partial charge in [-0.1, -0.05) is 26.0 Å². The Bertz CT molecular complexity index is 920. The van der Waals surface area contributed by atoms with Gasteiger partial charge < -0.3 is 15.0 Å². The molecule has 0 spiro atoms. The number of alkyl halides is 3. The first-order chi connectivity index (χ1) is 15.1. The van der Waals surface area contributed by atoms with Crippen LogP contribution in [0.5, 0.6) is 0 Å². The van der Waals surface area contributed by atoms with Gasteiger partial charge in [-0.25, -0.2) is 4.98 Å². The predicted octanol–water partition coefficient (Wildman–Crippen LogP) is 4.62. The Morgan fingerprint density at radius 2 is 1.78 bits per heavy atom. The van der Waals surface area contributed by atoms with Crippen LogP contribution >= 0.6 is 0 Å². The summed E-state index contributed by atoms with van der Waals surface area (Å²) in [5.74, 6) is -0.397. The van der Waals surface area contributed by atoms with E-state index in [2.05, 4.69) is 24.1 Å². The zero-order chi connectivity index (χ0) is 23.3. The number of carbonyl (C=O) groups excluding carboxylic acids is 2. The van der Waals surface area contributed by atoms with Crippen molar-refractivity contribution in [2.75, 3.05) is 29.9 Å². The lowest BCUT2D eigenvalue weighted by molar-refractivity contribution is -0.152. The standard InChI is InChI=1S/C23H26F3N3O3/c1-15(2)16-3-6-19(7-4-16)28-21(30)14-32-22(31)17-9-11-29(12-10-17)20-8-5-18(13-27-20)23(24,25)26/h3-8,13,15,17H,9-12,14H2,1-2H3,(H,28,30). The van der Waals surface area contributed by atoms with E-state index in [1.54, 1.807) is 12.1 Å². The Balaban J connectivity index is 1.42. The SMILES string of the molecule is CC(C)c1ccc(NC(=O)COC(=O)C2CCN(c3ccc(C(F)(F)F)cn3)CC2)cc1. The number of rotatable bonds is 6. The highest BCUT2D eigenvalue weighted by atomic mass is 19.4. The second kappa shape index (κ2) is 10.0. The Kier molecular flexibility index (Phi) is 7.37. The Hall–Kier alpha value is -3.10. The number of nitrogens with one attached hydrogen (secondary N) is 1. The molecule has 9 heteroatoms. The van der Waals surface area contributed by atoms with Crippen LogP contribution in [0.2, 0.25) is 0 Å². The summed E-state index contributed by atoms with van der Waals surface area (Å²) in [6, 6.07) is 9.81. The van der Waals surface area contributed by atoms with E-state index in [0.717, 1.165) is 17.8 Å². The van der Waals surface area contributed by atoms with Gasteiger partial charge in [0, 0.05) is 25.0 Å². The lowest BCUT2D eigenvalue weighted by atomic mass is 9.97. The van der Waals surface area contributed by atoms with E-state index >= 15 is 0 Å². The van der Waals surface area contributed by atoms with Gasteiger partial charge in [0.2, 0.25) is 0 Å². The van der Waals surface area contributed by atoms with Crippen molar-refractivity contribution in [1.29, 1.82) is 0 Å². The lowest BCUT2D eigenvalue weighted by Gasteiger charge is -2.31. The minimum atomic E-state index is -4.42. The summed E-state index contributed by atoms with van der Waals surface area (Å²) < 4.78 is 43.2. The fraction of sp³-hybridized carbons (Fsp3) is 0.435. The predicted molar refractivity (Wildman–Crippen MR) is 114 cm³/mol. The number of benzene rings is 1. The minimum absolute atomic E-state index is 0.362. The first kappa shape index (κ1) is 23.6. The van der Waals surface area contributed by atoms with Crippen molar-refractivity contribution in [1.82, 2.24) is 4.98 Å². The highest BCUT2D eigenvalue weighted by Gasteiger charge is 2.31. The molecule has 1 aliphatic rings. The molecule has 172 valence electrons. The molecule has 0 aliphatic carbocycles. The van der Waals surface area contributed by atoms with Crippen molar-refractivity contribution in [2.45, 2.75) is 38.8 Å². The number of esters is 1. The topological polar surface area (TPSA) is 71.5 Å². The Labute approximate surface area is 184 Å². The summed E-state index contributed by atoms with van der Waals surface area (Å²) >= 11 is 0. The lowest BCUT2D eigenvalue weighted by Crippen LogP contribution is -2.38. The van der Waals surface area contributed by atoms with E-state index in [1.165, 1.54) is 6.07 Å². The summed E-state index contributed by atoms with van der Waals surface area (Å²) in [6.07, 6.45) is -2.67. The fourth-order valence-electron chi connectivity index (χ4n) is 3.49. The van der Waals surface area contributed by atoms with Crippen molar-refractivity contribution in [2.24, 2.45) is 5.92 Å². The smallest absolute Gasteiger partial charge is 0.417 e. The number of pyridine rings is 1. The molecule has 1 amide bonds. The number of piperidine rings is 1. The van der Waals surface area contributed by atoms with Gasteiger partial charge in [-0.05, 0) is 48.6 Å². The molecule has 1 fully saturated rings. The van der Waals surface area contributed by atoms with Gasteiger partial charge in [0.1, 0.15) is 5.82 Å². The molecular formula is C23H26F3N3O3. The second-order valence-electron chi connectivity index (χ2n) is 8.10. The highest BCUT2D eigenvalue weighted by Crippen LogP contribution is 2.30. The fourth-order valence-corrected chi connectivity index (χ4v) is 3.49. The van der Waals surface area contributed by atoms with Gasteiger partial charge in [0.05, 0.1) is 11.5 Å². The van der Waals surface area contributed by atoms with Crippen LogP contribution < -0.4 is 10.2 Å². The van der Waals surface area contributed by atoms with Crippen LogP contribution in [0.1, 0.15) is 43.7 Å². The molecule has 6 nitrogen and oxygen atoms in total. The molecule has 0 radical (unpaired) electrons. The summed E-state index contributed by atoms with van der Waals surface area (Å²) in [5, 5.41) is 2.70. The third kappa shape index (κ3) is 6.21. The van der Waals surface area contributed by atoms with Crippen LogP contribution in [-0.4, -0.2) is 36.6 Å². The molecule has 1 aromatic heterocycles. The summed E-state index contributed by atoms with van der Waals surface area (Å²) in [4.78, 5) is 30.1. The van der Waals surface area contributed by atoms with Crippen molar-refractivity contribution >= 4 is 23.4 Å². The maximum atomic E-state index is 12.7. The zero-order valence-electron chi connectivity index (χ0n) is 18.0. The molecule has 32 heavy (non-hydrogen) atoms. The van der Waals surface area contributed by atoms with Crippen molar-refractivity contribution in [3.05, 3.63) is 53.7 Å². The number of anilines is 2. The van der Waals surface area contributed by atoms with Gasteiger partial charge in [-0.15, -0.1) is 0 Å². The maximum absolute atomic E-state index is 12.7. The first-order valence-corrected chi connectivity index (χ1v) is 10.5. The minimum Gasteiger partial charge on any atom is -0.455 e. The van der Waals surface area contributed by atoms with Gasteiger partial charge in [-0.2, -0.15) is 13.2 Å². The molecule has 1 N–H and O–H groups in total. The molecule has 0 bridgehead atoms. The first-order valence-electron chi connectivity index (χ1n) is 10.5. The highest BCUT2D eigenvalue weighted by molar-refractivity contribution is 5.92. The number of carbonyl (C=O) groups is 2.